The molecule has 0 saturated heterocycles. The zero-order chi connectivity index (χ0) is 20.3. The molecule has 2 aromatic carbocycles. The number of carbonyl (C=O) groups is 1. The summed E-state index contributed by atoms with van der Waals surface area (Å²) in [4.78, 5) is 13.1. The van der Waals surface area contributed by atoms with Gasteiger partial charge in [-0.25, -0.2) is 4.39 Å². The Balaban J connectivity index is 1.97. The molecule has 3 N–H and O–H groups in total. The number of thiocarbonyl (C=S) groups is 1. The van der Waals surface area contributed by atoms with Gasteiger partial charge in [-0.3, -0.25) is 4.79 Å². The number of nitrogens with one attached hydrogen (secondary N) is 3. The number of hydrogen-bond acceptors (Lipinski definition) is 4. The van der Waals surface area contributed by atoms with Crippen molar-refractivity contribution in [2.75, 3.05) is 19.5 Å². The number of carbonyl (C=O) groups excluding carboxylic acids is 1. The summed E-state index contributed by atoms with van der Waals surface area (Å²) in [6.45, 7) is 1.77. The lowest BCUT2D eigenvalue weighted by Gasteiger charge is -2.30. The molecule has 0 spiro atoms. The Morgan fingerprint density at radius 3 is 2.50 bits per heavy atom. The van der Waals surface area contributed by atoms with Crippen molar-refractivity contribution in [3.8, 4) is 11.5 Å². The molecule has 1 atom stereocenters. The second-order valence-corrected chi connectivity index (χ2v) is 6.55. The SMILES string of the molecule is COc1ccc(OC)c(NC(=O)C2=C(C)NC(=S)N[C@H]2c2ccc(F)cc2)c1. The van der Waals surface area contributed by atoms with Gasteiger partial charge in [0.05, 0.1) is 31.5 Å². The van der Waals surface area contributed by atoms with Crippen LogP contribution in [0.2, 0.25) is 0 Å². The van der Waals surface area contributed by atoms with Crippen molar-refractivity contribution in [3.63, 3.8) is 0 Å². The molecule has 0 unspecified atom stereocenters. The molecule has 8 heteroatoms. The predicted molar refractivity (Wildman–Crippen MR) is 109 cm³/mol. The Morgan fingerprint density at radius 2 is 1.86 bits per heavy atom. The van der Waals surface area contributed by atoms with Gasteiger partial charge < -0.3 is 25.4 Å². The number of ether oxygens (including phenoxy) is 2. The van der Waals surface area contributed by atoms with E-state index in [-0.39, 0.29) is 11.7 Å². The summed E-state index contributed by atoms with van der Waals surface area (Å²) in [5.41, 5.74) is 2.23. The normalized spacial score (nSPS) is 16.1. The van der Waals surface area contributed by atoms with Crippen molar-refractivity contribution in [2.24, 2.45) is 0 Å². The largest absolute Gasteiger partial charge is 0.497 e. The minimum absolute atomic E-state index is 0.346. The first-order valence-corrected chi connectivity index (χ1v) is 8.91. The third kappa shape index (κ3) is 4.07. The molecule has 0 radical (unpaired) electrons. The first-order chi connectivity index (χ1) is 13.4. The van der Waals surface area contributed by atoms with Crippen LogP contribution in [0.4, 0.5) is 10.1 Å². The van der Waals surface area contributed by atoms with Gasteiger partial charge >= 0.3 is 0 Å². The molecule has 1 aliphatic rings. The predicted octanol–water partition coefficient (Wildman–Crippen LogP) is 3.27. The lowest BCUT2D eigenvalue weighted by Crippen LogP contribution is -2.45. The standard InChI is InChI=1S/C20H20FN3O3S/c1-11-17(18(24-20(28)22-11)12-4-6-13(21)7-5-12)19(25)23-15-10-14(26-2)8-9-16(15)27-3/h4-10,18H,1-3H3,(H,23,25)(H2,22,24,28)/t18-/m0/s1. The van der Waals surface area contributed by atoms with Gasteiger partial charge in [0.25, 0.3) is 5.91 Å². The summed E-state index contributed by atoms with van der Waals surface area (Å²) in [7, 11) is 3.06. The second kappa shape index (κ2) is 8.26. The van der Waals surface area contributed by atoms with Gasteiger partial charge in [-0.1, -0.05) is 12.1 Å². The van der Waals surface area contributed by atoms with Crippen molar-refractivity contribution >= 4 is 28.9 Å². The summed E-state index contributed by atoms with van der Waals surface area (Å²) < 4.78 is 23.9. The van der Waals surface area contributed by atoms with Gasteiger partial charge in [-0.05, 0) is 49.0 Å². The van der Waals surface area contributed by atoms with Crippen LogP contribution < -0.4 is 25.4 Å². The van der Waals surface area contributed by atoms with Crippen LogP contribution >= 0.6 is 12.2 Å². The Bertz CT molecular complexity index is 944. The van der Waals surface area contributed by atoms with Crippen LogP contribution in [-0.4, -0.2) is 25.2 Å². The first-order valence-electron chi connectivity index (χ1n) is 8.50. The minimum atomic E-state index is -0.522. The fraction of sp³-hybridized carbons (Fsp3) is 0.200. The topological polar surface area (TPSA) is 71.6 Å². The fourth-order valence-electron chi connectivity index (χ4n) is 3.00. The molecule has 0 bridgehead atoms. The van der Waals surface area contributed by atoms with Gasteiger partial charge in [0.2, 0.25) is 0 Å². The number of benzene rings is 2. The van der Waals surface area contributed by atoms with E-state index in [0.29, 0.717) is 39.1 Å². The zero-order valence-corrected chi connectivity index (χ0v) is 16.4. The van der Waals surface area contributed by atoms with Crippen molar-refractivity contribution < 1.29 is 18.7 Å². The monoisotopic (exact) mass is 401 g/mol. The van der Waals surface area contributed by atoms with Crippen molar-refractivity contribution in [1.82, 2.24) is 10.6 Å². The van der Waals surface area contributed by atoms with Gasteiger partial charge in [-0.15, -0.1) is 0 Å². The Labute approximate surface area is 167 Å². The number of rotatable bonds is 5. The van der Waals surface area contributed by atoms with Gasteiger partial charge in [0.15, 0.2) is 5.11 Å². The fourth-order valence-corrected chi connectivity index (χ4v) is 3.27. The third-order valence-corrected chi connectivity index (χ3v) is 4.59. The summed E-state index contributed by atoms with van der Waals surface area (Å²) in [6, 6.07) is 10.5. The molecule has 1 heterocycles. The van der Waals surface area contributed by atoms with E-state index in [1.807, 2.05) is 0 Å². The molecule has 28 heavy (non-hydrogen) atoms. The second-order valence-electron chi connectivity index (χ2n) is 6.14. The van der Waals surface area contributed by atoms with E-state index in [1.165, 1.54) is 19.2 Å². The van der Waals surface area contributed by atoms with Crippen LogP contribution in [0, 0.1) is 5.82 Å². The highest BCUT2D eigenvalue weighted by molar-refractivity contribution is 7.80. The van der Waals surface area contributed by atoms with Crippen LogP contribution in [0.25, 0.3) is 0 Å². The Kier molecular flexibility index (Phi) is 5.79. The van der Waals surface area contributed by atoms with Crippen LogP contribution in [0.15, 0.2) is 53.7 Å². The van der Waals surface area contributed by atoms with Crippen LogP contribution in [0.3, 0.4) is 0 Å². The van der Waals surface area contributed by atoms with Crippen LogP contribution in [0.5, 0.6) is 11.5 Å². The summed E-state index contributed by atoms with van der Waals surface area (Å²) in [6.07, 6.45) is 0. The minimum Gasteiger partial charge on any atom is -0.497 e. The third-order valence-electron chi connectivity index (χ3n) is 4.37. The molecule has 0 aromatic heterocycles. The maximum atomic E-state index is 13.3. The highest BCUT2D eigenvalue weighted by atomic mass is 32.1. The Morgan fingerprint density at radius 1 is 1.14 bits per heavy atom. The molecule has 1 aliphatic heterocycles. The molecular formula is C20H20FN3O3S. The number of allylic oxidation sites excluding steroid dienone is 1. The van der Waals surface area contributed by atoms with Crippen molar-refractivity contribution in [3.05, 3.63) is 65.1 Å². The highest BCUT2D eigenvalue weighted by Gasteiger charge is 2.30. The number of anilines is 1. The molecule has 3 rings (SSSR count). The smallest absolute Gasteiger partial charge is 0.255 e. The van der Waals surface area contributed by atoms with E-state index < -0.39 is 6.04 Å². The summed E-state index contributed by atoms with van der Waals surface area (Å²) in [5.74, 6) is 0.380. The first kappa shape index (κ1) is 19.6. The van der Waals surface area contributed by atoms with E-state index in [2.05, 4.69) is 16.0 Å². The molecule has 2 aromatic rings. The maximum Gasteiger partial charge on any atom is 0.255 e. The van der Waals surface area contributed by atoms with Gasteiger partial charge in [0, 0.05) is 11.8 Å². The lowest BCUT2D eigenvalue weighted by molar-refractivity contribution is -0.113. The van der Waals surface area contributed by atoms with Crippen LogP contribution in [-0.2, 0) is 4.79 Å². The molecular weight excluding hydrogens is 381 g/mol. The number of amides is 1. The maximum absolute atomic E-state index is 13.3. The lowest BCUT2D eigenvalue weighted by atomic mass is 9.95. The van der Waals surface area contributed by atoms with E-state index in [1.54, 1.807) is 44.4 Å². The molecule has 0 aliphatic carbocycles. The van der Waals surface area contributed by atoms with E-state index >= 15 is 0 Å². The quantitative estimate of drug-likeness (QED) is 0.668. The molecule has 0 saturated carbocycles. The zero-order valence-electron chi connectivity index (χ0n) is 15.6. The molecule has 6 nitrogen and oxygen atoms in total. The summed E-state index contributed by atoms with van der Waals surface area (Å²) >= 11 is 5.23. The molecule has 0 fully saturated rings. The number of hydrogen-bond donors (Lipinski definition) is 3. The molecule has 1 amide bonds. The van der Waals surface area contributed by atoms with Crippen molar-refractivity contribution in [2.45, 2.75) is 13.0 Å². The average molecular weight is 401 g/mol. The average Bonchev–Trinajstić information content (AvgIpc) is 2.67. The van der Waals surface area contributed by atoms with E-state index in [0.717, 1.165) is 0 Å². The Hall–Kier alpha value is -3.13. The highest BCUT2D eigenvalue weighted by Crippen LogP contribution is 2.32. The summed E-state index contributed by atoms with van der Waals surface area (Å²) in [5, 5.41) is 9.30. The number of methoxy groups -OCH3 is 2. The van der Waals surface area contributed by atoms with E-state index in [4.69, 9.17) is 21.7 Å². The van der Waals surface area contributed by atoms with Gasteiger partial charge in [0.1, 0.15) is 17.3 Å². The van der Waals surface area contributed by atoms with Crippen molar-refractivity contribution in [1.29, 1.82) is 0 Å². The van der Waals surface area contributed by atoms with Crippen LogP contribution in [0.1, 0.15) is 18.5 Å². The van der Waals surface area contributed by atoms with Gasteiger partial charge in [-0.2, -0.15) is 0 Å². The van der Waals surface area contributed by atoms with E-state index in [9.17, 15) is 9.18 Å². The molecule has 146 valence electrons. The number of halogens is 1.